The van der Waals surface area contributed by atoms with Crippen molar-refractivity contribution in [3.8, 4) is 11.5 Å². The molecule has 0 aliphatic carbocycles. The van der Waals surface area contributed by atoms with Crippen LogP contribution in [0.1, 0.15) is 32.9 Å². The van der Waals surface area contributed by atoms with Gasteiger partial charge in [-0.25, -0.2) is 14.2 Å². The molecule has 0 aliphatic heterocycles. The predicted molar refractivity (Wildman–Crippen MR) is 114 cm³/mol. The summed E-state index contributed by atoms with van der Waals surface area (Å²) in [5.41, 5.74) is 4.07. The summed E-state index contributed by atoms with van der Waals surface area (Å²) in [6.07, 6.45) is 0. The molecule has 0 spiro atoms. The molecular formula is C24H21FN2O4. The van der Waals surface area contributed by atoms with Crippen LogP contribution in [0.4, 0.5) is 4.39 Å². The number of H-pyrrole nitrogens is 1. The fraction of sp³-hybridized carbons (Fsp3) is 0.167. The molecule has 0 fully saturated rings. The number of benzene rings is 3. The zero-order valence-corrected chi connectivity index (χ0v) is 17.1. The molecule has 1 aromatic heterocycles. The van der Waals surface area contributed by atoms with E-state index < -0.39 is 5.97 Å². The van der Waals surface area contributed by atoms with E-state index in [2.05, 4.69) is 9.97 Å². The summed E-state index contributed by atoms with van der Waals surface area (Å²) < 4.78 is 25.7. The Labute approximate surface area is 178 Å². The third-order valence-corrected chi connectivity index (χ3v) is 4.83. The fourth-order valence-corrected chi connectivity index (χ4v) is 3.19. The van der Waals surface area contributed by atoms with Gasteiger partial charge in [-0.2, -0.15) is 0 Å². The number of halogens is 1. The molecule has 7 heteroatoms. The van der Waals surface area contributed by atoms with E-state index in [0.29, 0.717) is 17.1 Å². The topological polar surface area (TPSA) is 84.4 Å². The molecule has 0 saturated carbocycles. The quantitative estimate of drug-likeness (QED) is 0.431. The van der Waals surface area contributed by atoms with Crippen LogP contribution >= 0.6 is 0 Å². The molecule has 4 rings (SSSR count). The lowest BCUT2D eigenvalue weighted by atomic mass is 10.1. The first-order valence-electron chi connectivity index (χ1n) is 9.72. The predicted octanol–water partition coefficient (Wildman–Crippen LogP) is 5.18. The maximum atomic E-state index is 14.1. The van der Waals surface area contributed by atoms with Crippen LogP contribution in [0.3, 0.4) is 0 Å². The van der Waals surface area contributed by atoms with Crippen molar-refractivity contribution in [2.75, 3.05) is 0 Å². The number of imidazole rings is 1. The van der Waals surface area contributed by atoms with Crippen molar-refractivity contribution in [3.05, 3.63) is 88.5 Å². The molecule has 0 radical (unpaired) electrons. The minimum absolute atomic E-state index is 0.0472. The van der Waals surface area contributed by atoms with Gasteiger partial charge in [0, 0.05) is 5.56 Å². The van der Waals surface area contributed by atoms with Gasteiger partial charge < -0.3 is 19.6 Å². The summed E-state index contributed by atoms with van der Waals surface area (Å²) in [5.74, 6) is -0.292. The van der Waals surface area contributed by atoms with Crippen LogP contribution in [0, 0.1) is 19.7 Å². The van der Waals surface area contributed by atoms with Gasteiger partial charge in [-0.1, -0.05) is 18.2 Å². The van der Waals surface area contributed by atoms with Gasteiger partial charge in [0.05, 0.1) is 16.6 Å². The lowest BCUT2D eigenvalue weighted by molar-refractivity contribution is 0.0696. The van der Waals surface area contributed by atoms with E-state index in [1.807, 2.05) is 25.1 Å². The van der Waals surface area contributed by atoms with Crippen molar-refractivity contribution in [2.45, 2.75) is 27.1 Å². The van der Waals surface area contributed by atoms with E-state index in [1.165, 1.54) is 24.3 Å². The number of carboxylic acid groups (broad SMARTS) is 1. The molecule has 0 bridgehead atoms. The monoisotopic (exact) mass is 420 g/mol. The highest BCUT2D eigenvalue weighted by Crippen LogP contribution is 2.30. The molecule has 0 aliphatic rings. The summed E-state index contributed by atoms with van der Waals surface area (Å²) in [5, 5.41) is 9.30. The van der Waals surface area contributed by atoms with E-state index >= 15 is 0 Å². The third kappa shape index (κ3) is 4.66. The highest BCUT2D eigenvalue weighted by atomic mass is 19.1. The van der Waals surface area contributed by atoms with Crippen LogP contribution in [0.15, 0.2) is 54.6 Å². The van der Waals surface area contributed by atoms with Crippen molar-refractivity contribution in [1.82, 2.24) is 9.97 Å². The number of ether oxygens (including phenoxy) is 2. The number of carbonyl (C=O) groups is 1. The zero-order chi connectivity index (χ0) is 22.0. The number of nitrogens with one attached hydrogen (secondary N) is 1. The van der Waals surface area contributed by atoms with Crippen LogP contribution in [-0.4, -0.2) is 21.0 Å². The Hall–Kier alpha value is -3.87. The van der Waals surface area contributed by atoms with Gasteiger partial charge in [0.25, 0.3) is 0 Å². The number of aromatic amines is 1. The second-order valence-corrected chi connectivity index (χ2v) is 7.34. The SMILES string of the molecule is Cc1ccc(COc2cc(C(=O)O)ccc2OCc2nc3ccc(C)cc3[nH]2)c(F)c1. The lowest BCUT2D eigenvalue weighted by Gasteiger charge is -2.13. The van der Waals surface area contributed by atoms with Gasteiger partial charge in [0.2, 0.25) is 0 Å². The number of aromatic carboxylic acids is 1. The number of rotatable bonds is 7. The Morgan fingerprint density at radius 3 is 2.48 bits per heavy atom. The highest BCUT2D eigenvalue weighted by Gasteiger charge is 2.13. The van der Waals surface area contributed by atoms with Gasteiger partial charge in [0.15, 0.2) is 11.5 Å². The molecule has 0 saturated heterocycles. The molecule has 4 aromatic rings. The Morgan fingerprint density at radius 1 is 0.968 bits per heavy atom. The minimum Gasteiger partial charge on any atom is -0.485 e. The van der Waals surface area contributed by atoms with Gasteiger partial charge in [-0.05, 0) is 61.4 Å². The van der Waals surface area contributed by atoms with Crippen LogP contribution in [0.2, 0.25) is 0 Å². The number of nitrogens with zero attached hydrogens (tertiary/aromatic N) is 1. The summed E-state index contributed by atoms with van der Waals surface area (Å²) >= 11 is 0. The van der Waals surface area contributed by atoms with Crippen molar-refractivity contribution in [2.24, 2.45) is 0 Å². The van der Waals surface area contributed by atoms with E-state index in [9.17, 15) is 14.3 Å². The fourth-order valence-electron chi connectivity index (χ4n) is 3.19. The van der Waals surface area contributed by atoms with Crippen molar-refractivity contribution in [1.29, 1.82) is 0 Å². The molecule has 158 valence electrons. The Balaban J connectivity index is 1.54. The molecule has 6 nitrogen and oxygen atoms in total. The van der Waals surface area contributed by atoms with Crippen molar-refractivity contribution >= 4 is 17.0 Å². The first-order chi connectivity index (χ1) is 14.9. The summed E-state index contributed by atoms with van der Waals surface area (Å²) in [4.78, 5) is 19.1. The van der Waals surface area contributed by atoms with Gasteiger partial charge >= 0.3 is 5.97 Å². The maximum absolute atomic E-state index is 14.1. The Kier molecular flexibility index (Phi) is 5.58. The summed E-state index contributed by atoms with van der Waals surface area (Å²) in [6, 6.07) is 15.1. The molecule has 3 aromatic carbocycles. The Morgan fingerprint density at radius 2 is 1.71 bits per heavy atom. The highest BCUT2D eigenvalue weighted by molar-refractivity contribution is 5.88. The van der Waals surface area contributed by atoms with Gasteiger partial charge in [0.1, 0.15) is 24.9 Å². The molecular weight excluding hydrogens is 399 g/mol. The number of aryl methyl sites for hydroxylation is 2. The normalized spacial score (nSPS) is 10.9. The number of fused-ring (bicyclic) bond motifs is 1. The molecule has 31 heavy (non-hydrogen) atoms. The van der Waals surface area contributed by atoms with Crippen LogP contribution < -0.4 is 9.47 Å². The first-order valence-corrected chi connectivity index (χ1v) is 9.72. The van der Waals surface area contributed by atoms with Gasteiger partial charge in [-0.3, -0.25) is 0 Å². The van der Waals surface area contributed by atoms with E-state index in [-0.39, 0.29) is 30.3 Å². The second kappa shape index (κ2) is 8.47. The Bertz CT molecular complexity index is 1270. The number of aromatic nitrogens is 2. The largest absolute Gasteiger partial charge is 0.485 e. The van der Waals surface area contributed by atoms with E-state index in [4.69, 9.17) is 9.47 Å². The molecule has 0 amide bonds. The average Bonchev–Trinajstić information content (AvgIpc) is 3.13. The molecule has 0 unspecified atom stereocenters. The smallest absolute Gasteiger partial charge is 0.335 e. The zero-order valence-electron chi connectivity index (χ0n) is 17.1. The number of carboxylic acids is 1. The van der Waals surface area contributed by atoms with Crippen LogP contribution in [-0.2, 0) is 13.2 Å². The standard InChI is InChI=1S/C24H21FN2O4/c1-14-3-5-17(18(25)9-14)12-30-22-11-16(24(28)29)6-8-21(22)31-13-23-26-19-7-4-15(2)10-20(19)27-23/h3-11H,12-13H2,1-2H3,(H,26,27)(H,28,29). The van der Waals surface area contributed by atoms with E-state index in [0.717, 1.165) is 22.2 Å². The molecule has 1 heterocycles. The average molecular weight is 420 g/mol. The second-order valence-electron chi connectivity index (χ2n) is 7.34. The van der Waals surface area contributed by atoms with Crippen LogP contribution in [0.5, 0.6) is 11.5 Å². The third-order valence-electron chi connectivity index (χ3n) is 4.83. The van der Waals surface area contributed by atoms with E-state index in [1.54, 1.807) is 19.1 Å². The summed E-state index contributed by atoms with van der Waals surface area (Å²) in [6.45, 7) is 3.88. The summed E-state index contributed by atoms with van der Waals surface area (Å²) in [7, 11) is 0. The molecule has 0 atom stereocenters. The van der Waals surface area contributed by atoms with Gasteiger partial charge in [-0.15, -0.1) is 0 Å². The van der Waals surface area contributed by atoms with Crippen LogP contribution in [0.25, 0.3) is 11.0 Å². The number of hydrogen-bond acceptors (Lipinski definition) is 4. The lowest BCUT2D eigenvalue weighted by Crippen LogP contribution is -2.05. The number of hydrogen-bond donors (Lipinski definition) is 2. The first kappa shape index (κ1) is 20.4. The maximum Gasteiger partial charge on any atom is 0.335 e. The minimum atomic E-state index is -1.09. The van der Waals surface area contributed by atoms with Crippen molar-refractivity contribution < 1.29 is 23.8 Å². The van der Waals surface area contributed by atoms with Crippen molar-refractivity contribution in [3.63, 3.8) is 0 Å². The molecule has 2 N–H and O–H groups in total.